The molecule has 158 valence electrons. The molecule has 1 amide bonds. The number of rotatable bonds is 6. The summed E-state index contributed by atoms with van der Waals surface area (Å²) in [5, 5.41) is 0. The van der Waals surface area contributed by atoms with E-state index in [1.807, 2.05) is 0 Å². The average molecular weight is 389 g/mol. The predicted octanol–water partition coefficient (Wildman–Crippen LogP) is 3.92. The van der Waals surface area contributed by atoms with Crippen LogP contribution >= 0.6 is 0 Å². The first kappa shape index (κ1) is 20.2. The number of guanidine groups is 1. The Kier molecular flexibility index (Phi) is 6.29. The van der Waals surface area contributed by atoms with E-state index >= 15 is 0 Å². The molecule has 5 nitrogen and oxygen atoms in total. The van der Waals surface area contributed by atoms with E-state index in [0.717, 1.165) is 31.2 Å². The van der Waals surface area contributed by atoms with Crippen molar-refractivity contribution in [3.05, 3.63) is 0 Å². The van der Waals surface area contributed by atoms with Gasteiger partial charge in [-0.3, -0.25) is 9.69 Å². The summed E-state index contributed by atoms with van der Waals surface area (Å²) in [5.74, 6) is 1.98. The number of amides is 1. The standard InChI is InChI=1S/C23H40N4O/c1-26-21(28)23(25-22(26)24,13-12-18-8-3-2-4-9-18)17-19-10-7-11-20(16-19)27-14-5-6-15-27/h18-20H,2-17H2,1H3,(H2,24,25)/t19-,20+,23+/m0/s1. The second-order valence-electron chi connectivity index (χ2n) is 10.0. The Morgan fingerprint density at radius 1 is 1.00 bits per heavy atom. The number of carbonyl (C=O) groups is 1. The van der Waals surface area contributed by atoms with Crippen LogP contribution in [-0.2, 0) is 4.79 Å². The molecular weight excluding hydrogens is 348 g/mol. The zero-order valence-corrected chi connectivity index (χ0v) is 17.9. The quantitative estimate of drug-likeness (QED) is 0.750. The Bertz CT molecular complexity index is 579. The van der Waals surface area contributed by atoms with Crippen molar-refractivity contribution in [1.82, 2.24) is 9.80 Å². The topological polar surface area (TPSA) is 61.9 Å². The van der Waals surface area contributed by atoms with Crippen LogP contribution in [0.25, 0.3) is 0 Å². The van der Waals surface area contributed by atoms with E-state index in [2.05, 4.69) is 4.90 Å². The Hall–Kier alpha value is -1.10. The van der Waals surface area contributed by atoms with E-state index in [0.29, 0.717) is 11.9 Å². The van der Waals surface area contributed by atoms with Crippen molar-refractivity contribution in [2.24, 2.45) is 22.6 Å². The summed E-state index contributed by atoms with van der Waals surface area (Å²) in [5.41, 5.74) is 5.56. The monoisotopic (exact) mass is 388 g/mol. The number of likely N-dealkylation sites (tertiary alicyclic amines) is 1. The van der Waals surface area contributed by atoms with Gasteiger partial charge in [0.25, 0.3) is 5.91 Å². The maximum absolute atomic E-state index is 13.2. The lowest BCUT2D eigenvalue weighted by atomic mass is 9.74. The fraction of sp³-hybridized carbons (Fsp3) is 0.913. The molecule has 0 radical (unpaired) electrons. The Labute approximate surface area is 171 Å². The number of nitrogens with two attached hydrogens (primary N) is 1. The molecule has 0 aromatic carbocycles. The van der Waals surface area contributed by atoms with Gasteiger partial charge >= 0.3 is 0 Å². The van der Waals surface area contributed by atoms with E-state index < -0.39 is 5.54 Å². The van der Waals surface area contributed by atoms with Crippen molar-refractivity contribution < 1.29 is 4.79 Å². The van der Waals surface area contributed by atoms with Gasteiger partial charge in [-0.05, 0) is 69.9 Å². The Morgan fingerprint density at radius 3 is 2.39 bits per heavy atom. The van der Waals surface area contributed by atoms with Gasteiger partial charge in [0.2, 0.25) is 0 Å². The smallest absolute Gasteiger partial charge is 0.257 e. The molecule has 3 atom stereocenters. The third kappa shape index (κ3) is 4.24. The second kappa shape index (κ2) is 8.73. The highest BCUT2D eigenvalue weighted by molar-refractivity contribution is 6.06. The van der Waals surface area contributed by atoms with Gasteiger partial charge in [-0.15, -0.1) is 0 Å². The van der Waals surface area contributed by atoms with E-state index in [4.69, 9.17) is 10.7 Å². The van der Waals surface area contributed by atoms with Crippen LogP contribution in [0, 0.1) is 11.8 Å². The number of hydrogen-bond donors (Lipinski definition) is 1. The molecular formula is C23H40N4O. The SMILES string of the molecule is CN1C(=O)[C@@](CCC2CCCCC2)(C[C@H]2CCC[C@@H](N3CCCC3)C2)N=C1N. The first-order valence-corrected chi connectivity index (χ1v) is 11.9. The van der Waals surface area contributed by atoms with Crippen molar-refractivity contribution in [3.8, 4) is 0 Å². The molecule has 4 rings (SSSR count). The highest BCUT2D eigenvalue weighted by atomic mass is 16.2. The molecule has 2 heterocycles. The molecule has 0 spiro atoms. The maximum atomic E-state index is 13.2. The third-order valence-corrected chi connectivity index (χ3v) is 8.10. The molecule has 0 aromatic rings. The molecule has 0 aromatic heterocycles. The van der Waals surface area contributed by atoms with Crippen LogP contribution < -0.4 is 5.73 Å². The van der Waals surface area contributed by atoms with Crippen molar-refractivity contribution in [2.75, 3.05) is 20.1 Å². The summed E-state index contributed by atoms with van der Waals surface area (Å²) >= 11 is 0. The van der Waals surface area contributed by atoms with Crippen molar-refractivity contribution in [2.45, 2.75) is 101 Å². The van der Waals surface area contributed by atoms with Gasteiger partial charge < -0.3 is 10.6 Å². The predicted molar refractivity (Wildman–Crippen MR) is 114 cm³/mol. The lowest BCUT2D eigenvalue weighted by Crippen LogP contribution is -2.45. The van der Waals surface area contributed by atoms with E-state index in [1.165, 1.54) is 83.7 Å². The van der Waals surface area contributed by atoms with Crippen LogP contribution in [0.5, 0.6) is 0 Å². The number of carbonyl (C=O) groups excluding carboxylic acids is 1. The van der Waals surface area contributed by atoms with Crippen molar-refractivity contribution in [3.63, 3.8) is 0 Å². The summed E-state index contributed by atoms with van der Waals surface area (Å²) in [7, 11) is 1.80. The lowest BCUT2D eigenvalue weighted by molar-refractivity contribution is -0.131. The zero-order valence-electron chi connectivity index (χ0n) is 17.9. The molecule has 2 saturated carbocycles. The molecule has 3 fully saturated rings. The third-order valence-electron chi connectivity index (χ3n) is 8.10. The van der Waals surface area contributed by atoms with Gasteiger partial charge in [0.1, 0.15) is 5.54 Å². The van der Waals surface area contributed by atoms with Crippen molar-refractivity contribution >= 4 is 11.9 Å². The van der Waals surface area contributed by atoms with Gasteiger partial charge in [-0.25, -0.2) is 4.99 Å². The van der Waals surface area contributed by atoms with Crippen LogP contribution in [0.1, 0.15) is 89.9 Å². The van der Waals surface area contributed by atoms with Crippen LogP contribution in [0.3, 0.4) is 0 Å². The summed E-state index contributed by atoms with van der Waals surface area (Å²) < 4.78 is 0. The highest BCUT2D eigenvalue weighted by Crippen LogP contribution is 2.41. The van der Waals surface area contributed by atoms with Crippen LogP contribution in [0.15, 0.2) is 4.99 Å². The Balaban J connectivity index is 1.43. The molecule has 0 bridgehead atoms. The number of likely N-dealkylation sites (N-methyl/N-ethyl adjacent to an activating group) is 1. The van der Waals surface area contributed by atoms with Crippen LogP contribution in [0.2, 0.25) is 0 Å². The molecule has 4 aliphatic rings. The van der Waals surface area contributed by atoms with E-state index in [1.54, 1.807) is 11.9 Å². The first-order chi connectivity index (χ1) is 13.6. The second-order valence-corrected chi connectivity index (χ2v) is 10.0. The fourth-order valence-corrected chi connectivity index (χ4v) is 6.44. The summed E-state index contributed by atoms with van der Waals surface area (Å²) in [6, 6.07) is 0.729. The van der Waals surface area contributed by atoms with E-state index in [9.17, 15) is 4.79 Å². The van der Waals surface area contributed by atoms with E-state index in [-0.39, 0.29) is 5.91 Å². The minimum absolute atomic E-state index is 0.157. The molecule has 2 aliphatic carbocycles. The maximum Gasteiger partial charge on any atom is 0.257 e. The largest absolute Gasteiger partial charge is 0.369 e. The first-order valence-electron chi connectivity index (χ1n) is 11.9. The molecule has 28 heavy (non-hydrogen) atoms. The summed E-state index contributed by atoms with van der Waals surface area (Å²) in [6.07, 6.45) is 17.6. The highest BCUT2D eigenvalue weighted by Gasteiger charge is 2.48. The Morgan fingerprint density at radius 2 is 1.71 bits per heavy atom. The van der Waals surface area contributed by atoms with Gasteiger partial charge in [-0.2, -0.15) is 0 Å². The number of aliphatic imine (C=N–C) groups is 1. The normalized spacial score (nSPS) is 35.5. The fourth-order valence-electron chi connectivity index (χ4n) is 6.44. The van der Waals surface area contributed by atoms with Crippen LogP contribution in [-0.4, -0.2) is 53.4 Å². The minimum Gasteiger partial charge on any atom is -0.369 e. The molecule has 1 saturated heterocycles. The van der Waals surface area contributed by atoms with Gasteiger partial charge in [-0.1, -0.05) is 44.9 Å². The number of nitrogens with zero attached hydrogens (tertiary/aromatic N) is 3. The van der Waals surface area contributed by atoms with Gasteiger partial charge in [0.15, 0.2) is 5.96 Å². The summed E-state index contributed by atoms with van der Waals surface area (Å²) in [6.45, 7) is 2.55. The van der Waals surface area contributed by atoms with Gasteiger partial charge in [0, 0.05) is 13.1 Å². The molecule has 2 aliphatic heterocycles. The molecule has 0 unspecified atom stereocenters. The number of hydrogen-bond acceptors (Lipinski definition) is 4. The zero-order chi connectivity index (χ0) is 19.6. The molecule has 2 N–H and O–H groups in total. The van der Waals surface area contributed by atoms with Crippen molar-refractivity contribution in [1.29, 1.82) is 0 Å². The minimum atomic E-state index is -0.576. The van der Waals surface area contributed by atoms with Gasteiger partial charge in [0.05, 0.1) is 0 Å². The summed E-state index contributed by atoms with van der Waals surface area (Å²) in [4.78, 5) is 22.4. The molecule has 5 heteroatoms. The lowest BCUT2D eigenvalue weighted by Gasteiger charge is -2.38. The van der Waals surface area contributed by atoms with Crippen LogP contribution in [0.4, 0.5) is 0 Å². The average Bonchev–Trinajstić information content (AvgIpc) is 3.32.